The molecule has 0 heterocycles. The van der Waals surface area contributed by atoms with Gasteiger partial charge in [0.2, 0.25) is 0 Å². The van der Waals surface area contributed by atoms with Crippen molar-refractivity contribution in [3.05, 3.63) is 34.4 Å². The molecule has 0 aliphatic carbocycles. The molecule has 0 spiro atoms. The van der Waals surface area contributed by atoms with E-state index in [2.05, 4.69) is 0 Å². The number of carboxylic acid groups (broad SMARTS) is 1. The van der Waals surface area contributed by atoms with Crippen molar-refractivity contribution < 1.29 is 23.1 Å². The second-order valence-electron chi connectivity index (χ2n) is 3.18. The molecular weight excluding hydrogens is 237 g/mol. The summed E-state index contributed by atoms with van der Waals surface area (Å²) < 4.78 is 38.1. The average molecular weight is 244 g/mol. The third-order valence-electron chi connectivity index (χ3n) is 2.08. The molecule has 0 aliphatic heterocycles. The molecule has 17 heavy (non-hydrogen) atoms. The van der Waals surface area contributed by atoms with Crippen LogP contribution in [0.25, 0.3) is 0 Å². The van der Waals surface area contributed by atoms with Crippen molar-refractivity contribution in [3.8, 4) is 6.07 Å². The van der Waals surface area contributed by atoms with Crippen molar-refractivity contribution in [2.75, 3.05) is 0 Å². The van der Waals surface area contributed by atoms with E-state index < -0.39 is 35.4 Å². The van der Waals surface area contributed by atoms with Crippen molar-refractivity contribution in [3.63, 3.8) is 0 Å². The summed E-state index contributed by atoms with van der Waals surface area (Å²) in [5.74, 6) is -1.75. The molecule has 0 aliphatic rings. The molecule has 0 radical (unpaired) electrons. The highest BCUT2D eigenvalue weighted by atomic mass is 19.4. The van der Waals surface area contributed by atoms with E-state index in [0.29, 0.717) is 6.07 Å². The molecule has 0 saturated heterocycles. The van der Waals surface area contributed by atoms with E-state index in [0.717, 1.165) is 6.07 Å². The molecule has 0 atom stereocenters. The smallest absolute Gasteiger partial charge is 0.417 e. The van der Waals surface area contributed by atoms with Crippen LogP contribution in [0.2, 0.25) is 0 Å². The van der Waals surface area contributed by atoms with Gasteiger partial charge in [-0.15, -0.1) is 0 Å². The molecule has 4 nitrogen and oxygen atoms in total. The van der Waals surface area contributed by atoms with Crippen molar-refractivity contribution in [2.24, 2.45) is 5.73 Å². The number of carbonyl (C=O) groups is 1. The molecule has 90 valence electrons. The summed E-state index contributed by atoms with van der Waals surface area (Å²) in [6, 6.07) is 3.21. The number of hydrogen-bond acceptors (Lipinski definition) is 3. The van der Waals surface area contributed by atoms with Gasteiger partial charge in [-0.3, -0.25) is 0 Å². The monoisotopic (exact) mass is 244 g/mol. The second-order valence-corrected chi connectivity index (χ2v) is 3.18. The minimum atomic E-state index is -4.82. The average Bonchev–Trinajstić information content (AvgIpc) is 2.25. The Kier molecular flexibility index (Phi) is 3.39. The van der Waals surface area contributed by atoms with Crippen LogP contribution in [0.15, 0.2) is 12.1 Å². The van der Waals surface area contributed by atoms with E-state index in [1.165, 1.54) is 0 Å². The van der Waals surface area contributed by atoms with Gasteiger partial charge in [-0.25, -0.2) is 4.79 Å². The predicted molar refractivity (Wildman–Crippen MR) is 51.0 cm³/mol. The molecule has 1 aromatic carbocycles. The third-order valence-corrected chi connectivity index (χ3v) is 2.08. The molecule has 7 heteroatoms. The fourth-order valence-electron chi connectivity index (χ4n) is 1.43. The Morgan fingerprint density at radius 1 is 1.47 bits per heavy atom. The largest absolute Gasteiger partial charge is 0.478 e. The quantitative estimate of drug-likeness (QED) is 0.829. The van der Waals surface area contributed by atoms with Crippen LogP contribution >= 0.6 is 0 Å². The van der Waals surface area contributed by atoms with Crippen LogP contribution in [0.3, 0.4) is 0 Å². The molecule has 0 bridgehead atoms. The van der Waals surface area contributed by atoms with Crippen LogP contribution in [0, 0.1) is 11.3 Å². The second kappa shape index (κ2) is 4.43. The summed E-state index contributed by atoms with van der Waals surface area (Å²) in [5, 5.41) is 17.3. The Bertz CT molecular complexity index is 503. The van der Waals surface area contributed by atoms with Crippen molar-refractivity contribution in [2.45, 2.75) is 12.7 Å². The van der Waals surface area contributed by atoms with E-state index >= 15 is 0 Å². The standard InChI is InChI=1S/C10H7F3N2O2/c11-10(12,13)8-6(4-15)1-5(3-14)2-7(8)9(16)17/h1-2H,4,15H2,(H,16,17). The fourth-order valence-corrected chi connectivity index (χ4v) is 1.43. The van der Waals surface area contributed by atoms with Crippen molar-refractivity contribution in [1.29, 1.82) is 5.26 Å². The molecule has 1 aromatic rings. The molecule has 1 rings (SSSR count). The highest BCUT2D eigenvalue weighted by Gasteiger charge is 2.38. The van der Waals surface area contributed by atoms with Crippen LogP contribution in [-0.2, 0) is 12.7 Å². The van der Waals surface area contributed by atoms with Gasteiger partial charge < -0.3 is 10.8 Å². The van der Waals surface area contributed by atoms with Crippen molar-refractivity contribution >= 4 is 5.97 Å². The molecule has 0 amide bonds. The lowest BCUT2D eigenvalue weighted by Crippen LogP contribution is -2.18. The Morgan fingerprint density at radius 3 is 2.41 bits per heavy atom. The molecule has 3 N–H and O–H groups in total. The van der Waals surface area contributed by atoms with E-state index in [1.807, 2.05) is 0 Å². The highest BCUT2D eigenvalue weighted by molar-refractivity contribution is 5.90. The number of rotatable bonds is 2. The number of hydrogen-bond donors (Lipinski definition) is 2. The lowest BCUT2D eigenvalue weighted by Gasteiger charge is -2.14. The first-order valence-electron chi connectivity index (χ1n) is 4.38. The van der Waals surface area contributed by atoms with Crippen LogP contribution in [0.4, 0.5) is 13.2 Å². The number of aromatic carboxylic acids is 1. The van der Waals surface area contributed by atoms with E-state index in [-0.39, 0.29) is 5.56 Å². The third kappa shape index (κ3) is 2.54. The Hall–Kier alpha value is -2.07. The summed E-state index contributed by atoms with van der Waals surface area (Å²) in [6.45, 7) is -0.495. The summed E-state index contributed by atoms with van der Waals surface area (Å²) in [5.41, 5.74) is 2.30. The molecule has 0 fully saturated rings. The first kappa shape index (κ1) is 13.0. The Morgan fingerprint density at radius 2 is 2.06 bits per heavy atom. The number of nitrogens with zero attached hydrogens (tertiary/aromatic N) is 1. The number of halogens is 3. The van der Waals surface area contributed by atoms with Gasteiger partial charge in [0.15, 0.2) is 0 Å². The van der Waals surface area contributed by atoms with Gasteiger partial charge in [0.25, 0.3) is 0 Å². The zero-order chi connectivity index (χ0) is 13.2. The lowest BCUT2D eigenvalue weighted by molar-refractivity contribution is -0.138. The minimum absolute atomic E-state index is 0.171. The normalized spacial score (nSPS) is 11.0. The van der Waals surface area contributed by atoms with Crippen LogP contribution in [0.1, 0.15) is 27.0 Å². The zero-order valence-corrected chi connectivity index (χ0v) is 8.38. The predicted octanol–water partition coefficient (Wildman–Crippen LogP) is 1.73. The first-order chi connectivity index (χ1) is 7.81. The summed E-state index contributed by atoms with van der Waals surface area (Å²) in [4.78, 5) is 10.8. The van der Waals surface area contributed by atoms with Crippen LogP contribution in [-0.4, -0.2) is 11.1 Å². The molecule has 0 unspecified atom stereocenters. The van der Waals surface area contributed by atoms with Gasteiger partial charge in [-0.2, -0.15) is 18.4 Å². The van der Waals surface area contributed by atoms with Gasteiger partial charge in [-0.1, -0.05) is 0 Å². The van der Waals surface area contributed by atoms with Gasteiger partial charge in [0, 0.05) is 6.54 Å². The van der Waals surface area contributed by atoms with Crippen molar-refractivity contribution in [1.82, 2.24) is 0 Å². The van der Waals surface area contributed by atoms with E-state index in [1.54, 1.807) is 6.07 Å². The summed E-state index contributed by atoms with van der Waals surface area (Å²) in [7, 11) is 0. The van der Waals surface area contributed by atoms with Gasteiger partial charge in [0.1, 0.15) is 0 Å². The summed E-state index contributed by atoms with van der Waals surface area (Å²) >= 11 is 0. The maximum atomic E-state index is 12.7. The first-order valence-corrected chi connectivity index (χ1v) is 4.38. The Balaban J connectivity index is 3.66. The van der Waals surface area contributed by atoms with Crippen LogP contribution in [0.5, 0.6) is 0 Å². The van der Waals surface area contributed by atoms with Gasteiger partial charge >= 0.3 is 12.1 Å². The van der Waals surface area contributed by atoms with Gasteiger partial charge in [0.05, 0.1) is 22.8 Å². The fraction of sp³-hybridized carbons (Fsp3) is 0.200. The Labute approximate surface area is 94.1 Å². The van der Waals surface area contributed by atoms with E-state index in [9.17, 15) is 18.0 Å². The minimum Gasteiger partial charge on any atom is -0.478 e. The number of nitriles is 1. The SMILES string of the molecule is N#Cc1cc(CN)c(C(F)(F)F)c(C(=O)O)c1. The maximum absolute atomic E-state index is 12.7. The van der Waals surface area contributed by atoms with Crippen LogP contribution < -0.4 is 5.73 Å². The highest BCUT2D eigenvalue weighted by Crippen LogP contribution is 2.35. The molecule has 0 saturated carbocycles. The van der Waals surface area contributed by atoms with Gasteiger partial charge in [-0.05, 0) is 17.7 Å². The molecular formula is C10H7F3N2O2. The lowest BCUT2D eigenvalue weighted by atomic mass is 9.97. The number of benzene rings is 1. The number of carboxylic acids is 1. The zero-order valence-electron chi connectivity index (χ0n) is 8.38. The maximum Gasteiger partial charge on any atom is 0.417 e. The topological polar surface area (TPSA) is 87.1 Å². The summed E-state index contributed by atoms with van der Waals surface area (Å²) in [6.07, 6.45) is -4.82. The van der Waals surface area contributed by atoms with E-state index in [4.69, 9.17) is 16.1 Å². The molecule has 0 aromatic heterocycles. The number of nitrogens with two attached hydrogens (primary N) is 1. The number of alkyl halides is 3.